The maximum absolute atomic E-state index is 13.4. The van der Waals surface area contributed by atoms with Gasteiger partial charge in [-0.2, -0.15) is 0 Å². The van der Waals surface area contributed by atoms with Gasteiger partial charge in [0.2, 0.25) is 10.0 Å². The van der Waals surface area contributed by atoms with Crippen molar-refractivity contribution >= 4 is 32.7 Å². The Bertz CT molecular complexity index is 1390. The number of aromatic nitrogens is 3. The number of hydrogen-bond donors (Lipinski definition) is 2. The first-order chi connectivity index (χ1) is 16.3. The van der Waals surface area contributed by atoms with Crippen molar-refractivity contribution in [2.45, 2.75) is 32.4 Å². The second kappa shape index (κ2) is 10.0. The third-order valence-corrected chi connectivity index (χ3v) is 5.97. The Morgan fingerprint density at radius 2 is 1.82 bits per heavy atom. The predicted octanol–water partition coefficient (Wildman–Crippen LogP) is 3.41. The van der Waals surface area contributed by atoms with Crippen LogP contribution in [0.2, 0.25) is 0 Å². The minimum Gasteiger partial charge on any atom is -0.349 e. The average molecular weight is 478 g/mol. The molecule has 2 aromatic carbocycles. The molecule has 1 atom stereocenters. The highest BCUT2D eigenvalue weighted by Gasteiger charge is 2.19. The quantitative estimate of drug-likeness (QED) is 0.384. The van der Waals surface area contributed by atoms with E-state index in [0.717, 1.165) is 18.4 Å². The Morgan fingerprint density at radius 1 is 1.06 bits per heavy atom. The van der Waals surface area contributed by atoms with Crippen LogP contribution in [0.1, 0.15) is 28.5 Å². The molecule has 0 saturated carbocycles. The molecule has 1 amide bonds. The third kappa shape index (κ3) is 5.99. The molecular formula is C25H27N5O3S. The van der Waals surface area contributed by atoms with E-state index in [-0.39, 0.29) is 11.9 Å². The van der Waals surface area contributed by atoms with E-state index in [2.05, 4.69) is 32.1 Å². The molecule has 34 heavy (non-hydrogen) atoms. The summed E-state index contributed by atoms with van der Waals surface area (Å²) in [6, 6.07) is 18.8. The standard InChI is InChI=1S/C25H27N5O3S/c1-18(14-20-10-6-7-12-26-20)28-25(31)22-15-21(29-34(2,32)33)16-23-24(22)30(17-27-23)13-11-19-8-4-3-5-9-19/h3-10,12,15-18,29H,11,13-14H2,1-2H3,(H,28,31). The Hall–Kier alpha value is -3.72. The van der Waals surface area contributed by atoms with Gasteiger partial charge < -0.3 is 9.88 Å². The molecule has 0 aliphatic rings. The van der Waals surface area contributed by atoms with Gasteiger partial charge >= 0.3 is 0 Å². The van der Waals surface area contributed by atoms with Gasteiger partial charge in [0.15, 0.2) is 0 Å². The fraction of sp³-hybridized carbons (Fsp3) is 0.240. The molecule has 8 nitrogen and oxygen atoms in total. The number of benzene rings is 2. The number of fused-ring (bicyclic) bond motifs is 1. The minimum absolute atomic E-state index is 0.176. The highest BCUT2D eigenvalue weighted by molar-refractivity contribution is 7.92. The lowest BCUT2D eigenvalue weighted by Gasteiger charge is -2.16. The molecule has 0 aliphatic carbocycles. The third-order valence-electron chi connectivity index (χ3n) is 5.36. The van der Waals surface area contributed by atoms with Gasteiger partial charge in [-0.1, -0.05) is 36.4 Å². The van der Waals surface area contributed by atoms with Gasteiger partial charge in [0.05, 0.1) is 34.9 Å². The number of rotatable bonds is 9. The van der Waals surface area contributed by atoms with Crippen molar-refractivity contribution in [2.24, 2.45) is 0 Å². The number of anilines is 1. The molecule has 0 aliphatic heterocycles. The lowest BCUT2D eigenvalue weighted by Crippen LogP contribution is -2.34. The molecule has 176 valence electrons. The van der Waals surface area contributed by atoms with Gasteiger partial charge in [0.25, 0.3) is 5.91 Å². The lowest BCUT2D eigenvalue weighted by molar-refractivity contribution is 0.0941. The number of hydrogen-bond acceptors (Lipinski definition) is 5. The Morgan fingerprint density at radius 3 is 2.53 bits per heavy atom. The average Bonchev–Trinajstić information content (AvgIpc) is 3.20. The number of carbonyl (C=O) groups excluding carboxylic acids is 1. The number of nitrogens with one attached hydrogen (secondary N) is 2. The maximum Gasteiger partial charge on any atom is 0.253 e. The van der Waals surface area contributed by atoms with E-state index in [1.165, 1.54) is 5.56 Å². The summed E-state index contributed by atoms with van der Waals surface area (Å²) in [7, 11) is -3.52. The van der Waals surface area contributed by atoms with Crippen LogP contribution in [0.3, 0.4) is 0 Å². The first-order valence-corrected chi connectivity index (χ1v) is 12.9. The molecule has 4 rings (SSSR count). The summed E-state index contributed by atoms with van der Waals surface area (Å²) in [5, 5.41) is 3.02. The van der Waals surface area contributed by atoms with Crippen LogP contribution < -0.4 is 10.0 Å². The fourth-order valence-electron chi connectivity index (χ4n) is 3.90. The zero-order valence-corrected chi connectivity index (χ0v) is 19.9. The van der Waals surface area contributed by atoms with E-state index < -0.39 is 10.0 Å². The van der Waals surface area contributed by atoms with Gasteiger partial charge in [-0.05, 0) is 43.2 Å². The van der Waals surface area contributed by atoms with Crippen molar-refractivity contribution < 1.29 is 13.2 Å². The molecule has 2 aromatic heterocycles. The molecular weight excluding hydrogens is 450 g/mol. The van der Waals surface area contributed by atoms with Crippen LogP contribution in [0.25, 0.3) is 11.0 Å². The SMILES string of the molecule is CC(Cc1ccccn1)NC(=O)c1cc(NS(C)(=O)=O)cc2ncn(CCc3ccccc3)c12. The molecule has 0 spiro atoms. The number of pyridine rings is 1. The summed E-state index contributed by atoms with van der Waals surface area (Å²) in [5.74, 6) is -0.299. The van der Waals surface area contributed by atoms with E-state index in [4.69, 9.17) is 0 Å². The number of carbonyl (C=O) groups is 1. The number of aryl methyl sites for hydroxylation is 2. The van der Waals surface area contributed by atoms with Crippen molar-refractivity contribution in [3.63, 3.8) is 0 Å². The molecule has 4 aromatic rings. The van der Waals surface area contributed by atoms with Gasteiger partial charge in [0, 0.05) is 30.9 Å². The van der Waals surface area contributed by atoms with Crippen LogP contribution in [-0.2, 0) is 29.4 Å². The van der Waals surface area contributed by atoms with Gasteiger partial charge in [-0.25, -0.2) is 13.4 Å². The highest BCUT2D eigenvalue weighted by Crippen LogP contribution is 2.25. The second-order valence-electron chi connectivity index (χ2n) is 8.34. The first-order valence-electron chi connectivity index (χ1n) is 11.0. The van der Waals surface area contributed by atoms with E-state index in [1.807, 2.05) is 47.9 Å². The Kier molecular flexibility index (Phi) is 6.93. The summed E-state index contributed by atoms with van der Waals surface area (Å²) >= 11 is 0. The number of amides is 1. The van der Waals surface area contributed by atoms with Crippen molar-refractivity contribution in [3.8, 4) is 0 Å². The van der Waals surface area contributed by atoms with Crippen molar-refractivity contribution in [1.82, 2.24) is 19.9 Å². The number of sulfonamides is 1. The first kappa shape index (κ1) is 23.4. The van der Waals surface area contributed by atoms with E-state index >= 15 is 0 Å². The molecule has 0 saturated heterocycles. The lowest BCUT2D eigenvalue weighted by atomic mass is 10.1. The smallest absolute Gasteiger partial charge is 0.253 e. The van der Waals surface area contributed by atoms with E-state index in [0.29, 0.717) is 35.2 Å². The van der Waals surface area contributed by atoms with Gasteiger partial charge in [-0.15, -0.1) is 0 Å². The van der Waals surface area contributed by atoms with Crippen LogP contribution in [0.15, 0.2) is 73.2 Å². The van der Waals surface area contributed by atoms with E-state index in [9.17, 15) is 13.2 Å². The normalized spacial score (nSPS) is 12.4. The Labute approximate surface area is 199 Å². The van der Waals surface area contributed by atoms with Crippen molar-refractivity contribution in [2.75, 3.05) is 11.0 Å². The molecule has 0 fully saturated rings. The summed E-state index contributed by atoms with van der Waals surface area (Å²) in [6.45, 7) is 2.54. The summed E-state index contributed by atoms with van der Waals surface area (Å²) < 4.78 is 28.0. The monoisotopic (exact) mass is 477 g/mol. The summed E-state index contributed by atoms with van der Waals surface area (Å²) in [4.78, 5) is 22.1. The zero-order valence-electron chi connectivity index (χ0n) is 19.1. The van der Waals surface area contributed by atoms with Crippen LogP contribution in [0.5, 0.6) is 0 Å². The van der Waals surface area contributed by atoms with Gasteiger partial charge in [0.1, 0.15) is 0 Å². The molecule has 2 N–H and O–H groups in total. The highest BCUT2D eigenvalue weighted by atomic mass is 32.2. The predicted molar refractivity (Wildman–Crippen MR) is 133 cm³/mol. The van der Waals surface area contributed by atoms with Crippen LogP contribution in [0, 0.1) is 0 Å². The van der Waals surface area contributed by atoms with Crippen molar-refractivity contribution in [3.05, 3.63) is 90.0 Å². The van der Waals surface area contributed by atoms with Crippen LogP contribution >= 0.6 is 0 Å². The van der Waals surface area contributed by atoms with Crippen LogP contribution in [-0.4, -0.2) is 41.2 Å². The maximum atomic E-state index is 13.4. The minimum atomic E-state index is -3.52. The molecule has 9 heteroatoms. The fourth-order valence-corrected chi connectivity index (χ4v) is 4.45. The number of imidazole rings is 1. The summed E-state index contributed by atoms with van der Waals surface area (Å²) in [6.07, 6.45) is 5.83. The molecule has 0 bridgehead atoms. The summed E-state index contributed by atoms with van der Waals surface area (Å²) in [5.41, 5.74) is 3.92. The Balaban J connectivity index is 1.64. The largest absolute Gasteiger partial charge is 0.349 e. The second-order valence-corrected chi connectivity index (χ2v) is 10.1. The molecule has 2 heterocycles. The van der Waals surface area contributed by atoms with Gasteiger partial charge in [-0.3, -0.25) is 14.5 Å². The topological polar surface area (TPSA) is 106 Å². The molecule has 0 radical (unpaired) electrons. The number of nitrogens with zero attached hydrogens (tertiary/aromatic N) is 3. The van der Waals surface area contributed by atoms with E-state index in [1.54, 1.807) is 24.7 Å². The van der Waals surface area contributed by atoms with Crippen LogP contribution in [0.4, 0.5) is 5.69 Å². The zero-order chi connectivity index (χ0) is 24.1. The van der Waals surface area contributed by atoms with Crippen molar-refractivity contribution in [1.29, 1.82) is 0 Å². The molecule has 1 unspecified atom stereocenters.